The third-order valence-corrected chi connectivity index (χ3v) is 5.33. The maximum Gasteiger partial charge on any atom is 0.277 e. The number of nitrogens with zero attached hydrogens (tertiary/aromatic N) is 5. The summed E-state index contributed by atoms with van der Waals surface area (Å²) in [4.78, 5) is 25.4. The molecular weight excluding hydrogens is 392 g/mol. The van der Waals surface area contributed by atoms with E-state index < -0.39 is 0 Å². The number of aromatic nitrogens is 6. The summed E-state index contributed by atoms with van der Waals surface area (Å²) in [5.41, 5.74) is 4.45. The molecule has 8 nitrogen and oxygen atoms in total. The van der Waals surface area contributed by atoms with E-state index in [4.69, 9.17) is 14.8 Å². The van der Waals surface area contributed by atoms with Crippen LogP contribution in [0.4, 0.5) is 0 Å². The Bertz CT molecular complexity index is 1250. The Balaban J connectivity index is 1.86. The predicted octanol–water partition coefficient (Wildman–Crippen LogP) is 3.62. The van der Waals surface area contributed by atoms with Gasteiger partial charge in [-0.2, -0.15) is 5.10 Å². The average Bonchev–Trinajstić information content (AvgIpc) is 3.27. The van der Waals surface area contributed by atoms with Gasteiger partial charge in [0.1, 0.15) is 17.1 Å². The second kappa shape index (κ2) is 8.75. The number of nitrogens with one attached hydrogen (secondary N) is 1. The number of benzene rings is 1. The van der Waals surface area contributed by atoms with Crippen LogP contribution in [-0.2, 0) is 20.0 Å². The van der Waals surface area contributed by atoms with E-state index in [2.05, 4.69) is 23.8 Å². The van der Waals surface area contributed by atoms with Crippen molar-refractivity contribution in [1.29, 1.82) is 0 Å². The molecule has 31 heavy (non-hydrogen) atoms. The van der Waals surface area contributed by atoms with Gasteiger partial charge in [-0.3, -0.25) is 9.48 Å². The second-order valence-electron chi connectivity index (χ2n) is 7.70. The lowest BCUT2D eigenvalue weighted by Crippen LogP contribution is -2.16. The molecular formula is C23H28N6O2. The highest BCUT2D eigenvalue weighted by atomic mass is 16.5. The third-order valence-electron chi connectivity index (χ3n) is 5.33. The Morgan fingerprint density at radius 3 is 2.68 bits per heavy atom. The number of rotatable bonds is 8. The highest BCUT2D eigenvalue weighted by molar-refractivity contribution is 5.80. The van der Waals surface area contributed by atoms with Crippen molar-refractivity contribution in [2.45, 2.75) is 46.6 Å². The molecule has 0 fully saturated rings. The molecule has 3 aromatic heterocycles. The quantitative estimate of drug-likeness (QED) is 0.470. The lowest BCUT2D eigenvalue weighted by atomic mass is 10.1. The van der Waals surface area contributed by atoms with Gasteiger partial charge in [0.15, 0.2) is 5.52 Å². The van der Waals surface area contributed by atoms with E-state index in [1.165, 1.54) is 0 Å². The molecule has 0 saturated heterocycles. The fourth-order valence-electron chi connectivity index (χ4n) is 3.74. The van der Waals surface area contributed by atoms with Gasteiger partial charge in [0.25, 0.3) is 5.56 Å². The van der Waals surface area contributed by atoms with Crippen molar-refractivity contribution in [3.63, 3.8) is 0 Å². The van der Waals surface area contributed by atoms with Gasteiger partial charge in [0.2, 0.25) is 0 Å². The zero-order valence-electron chi connectivity index (χ0n) is 18.5. The van der Waals surface area contributed by atoms with E-state index >= 15 is 0 Å². The van der Waals surface area contributed by atoms with Crippen LogP contribution in [0.5, 0.6) is 5.75 Å². The molecule has 4 aromatic rings. The van der Waals surface area contributed by atoms with Crippen LogP contribution in [0.25, 0.3) is 22.4 Å². The van der Waals surface area contributed by atoms with Gasteiger partial charge < -0.3 is 14.3 Å². The Hall–Kier alpha value is -3.42. The summed E-state index contributed by atoms with van der Waals surface area (Å²) in [7, 11) is 1.95. The molecule has 0 aliphatic heterocycles. The number of H-pyrrole nitrogens is 1. The summed E-state index contributed by atoms with van der Waals surface area (Å²) in [5.74, 6) is 1.21. The molecule has 0 aliphatic carbocycles. The number of aryl methyl sites for hydroxylation is 3. The normalized spacial score (nSPS) is 11.4. The van der Waals surface area contributed by atoms with Gasteiger partial charge >= 0.3 is 0 Å². The van der Waals surface area contributed by atoms with Gasteiger partial charge in [0, 0.05) is 7.05 Å². The van der Waals surface area contributed by atoms with Crippen LogP contribution in [0, 0.1) is 6.92 Å². The van der Waals surface area contributed by atoms with Crippen LogP contribution in [0.2, 0.25) is 0 Å². The van der Waals surface area contributed by atoms with E-state index in [0.717, 1.165) is 41.9 Å². The summed E-state index contributed by atoms with van der Waals surface area (Å²) in [6.07, 6.45) is 4.34. The van der Waals surface area contributed by atoms with Gasteiger partial charge in [-0.05, 0) is 31.9 Å². The van der Waals surface area contributed by atoms with Crippen LogP contribution < -0.4 is 10.3 Å². The molecule has 0 atom stereocenters. The van der Waals surface area contributed by atoms with E-state index in [-0.39, 0.29) is 5.56 Å². The van der Waals surface area contributed by atoms with Crippen molar-refractivity contribution in [1.82, 2.24) is 29.3 Å². The summed E-state index contributed by atoms with van der Waals surface area (Å²) in [6, 6.07) is 7.65. The summed E-state index contributed by atoms with van der Waals surface area (Å²) < 4.78 is 9.59. The zero-order chi connectivity index (χ0) is 22.0. The summed E-state index contributed by atoms with van der Waals surface area (Å²) in [5, 5.41) is 4.77. The Morgan fingerprint density at radius 1 is 1.16 bits per heavy atom. The first kappa shape index (κ1) is 20.8. The largest absolute Gasteiger partial charge is 0.493 e. The first-order valence-corrected chi connectivity index (χ1v) is 10.7. The lowest BCUT2D eigenvalue weighted by molar-refractivity contribution is 0.318. The number of imidazole rings is 1. The summed E-state index contributed by atoms with van der Waals surface area (Å²) in [6.45, 7) is 7.18. The standard InChI is InChI=1S/C23H28N6O2/c1-5-9-17-20-21(29(27-17)13-18-15(3)24-14-28(18)4)23(30)26-22(25-20)16-10-7-8-11-19(16)31-12-6-2/h7-8,10-11,14H,5-6,9,12-13H2,1-4H3,(H,25,26,30). The van der Waals surface area contributed by atoms with Crippen molar-refractivity contribution >= 4 is 11.0 Å². The van der Waals surface area contributed by atoms with Crippen LogP contribution in [-0.4, -0.2) is 35.9 Å². The number of aromatic amines is 1. The molecule has 0 bridgehead atoms. The Labute approximate surface area is 180 Å². The molecule has 0 spiro atoms. The predicted molar refractivity (Wildman–Crippen MR) is 120 cm³/mol. The molecule has 4 rings (SSSR count). The average molecular weight is 421 g/mol. The minimum Gasteiger partial charge on any atom is -0.493 e. The Kier molecular flexibility index (Phi) is 5.88. The number of hydrogen-bond donors (Lipinski definition) is 1. The van der Waals surface area contributed by atoms with Crippen molar-refractivity contribution in [3.8, 4) is 17.1 Å². The molecule has 0 unspecified atom stereocenters. The van der Waals surface area contributed by atoms with E-state index in [1.807, 2.05) is 42.8 Å². The van der Waals surface area contributed by atoms with Crippen LogP contribution in [0.15, 0.2) is 35.4 Å². The van der Waals surface area contributed by atoms with Gasteiger partial charge in [-0.25, -0.2) is 9.97 Å². The Morgan fingerprint density at radius 2 is 1.97 bits per heavy atom. The lowest BCUT2D eigenvalue weighted by Gasteiger charge is -2.10. The molecule has 1 N–H and O–H groups in total. The van der Waals surface area contributed by atoms with Crippen molar-refractivity contribution < 1.29 is 4.74 Å². The van der Waals surface area contributed by atoms with E-state index in [1.54, 1.807) is 11.0 Å². The van der Waals surface area contributed by atoms with E-state index in [0.29, 0.717) is 35.8 Å². The fourth-order valence-corrected chi connectivity index (χ4v) is 3.74. The first-order valence-electron chi connectivity index (χ1n) is 10.7. The maximum absolute atomic E-state index is 13.2. The molecule has 0 aliphatic rings. The topological polar surface area (TPSA) is 90.6 Å². The van der Waals surface area contributed by atoms with Crippen LogP contribution in [0.3, 0.4) is 0 Å². The number of para-hydroxylation sites is 1. The van der Waals surface area contributed by atoms with Crippen LogP contribution >= 0.6 is 0 Å². The minimum absolute atomic E-state index is 0.208. The minimum atomic E-state index is -0.208. The van der Waals surface area contributed by atoms with Gasteiger partial charge in [-0.1, -0.05) is 32.4 Å². The number of fused-ring (bicyclic) bond motifs is 1. The number of hydrogen-bond acceptors (Lipinski definition) is 5. The molecule has 0 amide bonds. The molecule has 3 heterocycles. The highest BCUT2D eigenvalue weighted by Gasteiger charge is 2.19. The van der Waals surface area contributed by atoms with Gasteiger partial charge in [0.05, 0.1) is 42.1 Å². The first-order chi connectivity index (χ1) is 15.0. The SMILES string of the molecule is CCCOc1ccccc1-c1nc2c(CCC)nn(Cc3c(C)ncn3C)c2c(=O)[nH]1. The zero-order valence-corrected chi connectivity index (χ0v) is 18.5. The van der Waals surface area contributed by atoms with E-state index in [9.17, 15) is 4.79 Å². The fraction of sp³-hybridized carbons (Fsp3) is 0.391. The smallest absolute Gasteiger partial charge is 0.277 e. The number of ether oxygens (including phenoxy) is 1. The van der Waals surface area contributed by atoms with Crippen molar-refractivity contribution in [2.75, 3.05) is 6.61 Å². The van der Waals surface area contributed by atoms with Crippen LogP contribution in [0.1, 0.15) is 43.8 Å². The molecule has 0 saturated carbocycles. The van der Waals surface area contributed by atoms with Crippen molar-refractivity contribution in [3.05, 3.63) is 58.0 Å². The maximum atomic E-state index is 13.2. The highest BCUT2D eigenvalue weighted by Crippen LogP contribution is 2.28. The third kappa shape index (κ3) is 3.97. The monoisotopic (exact) mass is 420 g/mol. The van der Waals surface area contributed by atoms with Gasteiger partial charge in [-0.15, -0.1) is 0 Å². The molecule has 8 heteroatoms. The second-order valence-corrected chi connectivity index (χ2v) is 7.70. The molecule has 162 valence electrons. The summed E-state index contributed by atoms with van der Waals surface area (Å²) >= 11 is 0. The van der Waals surface area contributed by atoms with Crippen molar-refractivity contribution in [2.24, 2.45) is 7.05 Å². The molecule has 0 radical (unpaired) electrons. The molecule has 1 aromatic carbocycles.